The maximum Gasteiger partial charge on any atom is 0.0393 e. The molecule has 0 spiro atoms. The molecule has 0 saturated heterocycles. The lowest BCUT2D eigenvalue weighted by atomic mass is 9.90. The number of anilines is 1. The van der Waals surface area contributed by atoms with Gasteiger partial charge in [0.25, 0.3) is 0 Å². The molecule has 3 nitrogen and oxygen atoms in total. The summed E-state index contributed by atoms with van der Waals surface area (Å²) in [5.74, 6) is 1.60. The first-order valence-corrected chi connectivity index (χ1v) is 6.62. The normalized spacial score (nSPS) is 26.0. The molecule has 1 aliphatic carbocycles. The number of hydrogen-bond donors (Lipinski definition) is 2. The lowest BCUT2D eigenvalue weighted by Gasteiger charge is -2.24. The van der Waals surface area contributed by atoms with Crippen LogP contribution in [0.4, 0.5) is 5.69 Å². The Kier molecular flexibility index (Phi) is 4.00. The van der Waals surface area contributed by atoms with E-state index in [1.54, 1.807) is 6.20 Å². The molecule has 0 amide bonds. The predicted octanol–water partition coefficient (Wildman–Crippen LogP) is 2.75. The van der Waals surface area contributed by atoms with E-state index in [0.717, 1.165) is 17.2 Å². The van der Waals surface area contributed by atoms with Gasteiger partial charge >= 0.3 is 0 Å². The molecule has 3 heteroatoms. The first-order valence-electron chi connectivity index (χ1n) is 6.62. The van der Waals surface area contributed by atoms with Gasteiger partial charge < -0.3 is 11.1 Å². The van der Waals surface area contributed by atoms with E-state index in [1.165, 1.54) is 25.7 Å². The van der Waals surface area contributed by atoms with Crippen LogP contribution in [0.5, 0.6) is 0 Å². The van der Waals surface area contributed by atoms with E-state index in [1.807, 2.05) is 19.3 Å². The molecule has 1 aromatic heterocycles. The molecule has 0 bridgehead atoms. The van der Waals surface area contributed by atoms with Gasteiger partial charge in [0.2, 0.25) is 0 Å². The fraction of sp³-hybridized carbons (Fsp3) is 0.643. The van der Waals surface area contributed by atoms with Crippen LogP contribution < -0.4 is 11.1 Å². The van der Waals surface area contributed by atoms with Crippen molar-refractivity contribution in [3.8, 4) is 0 Å². The predicted molar refractivity (Wildman–Crippen MR) is 71.6 cm³/mol. The zero-order valence-corrected chi connectivity index (χ0v) is 10.8. The van der Waals surface area contributed by atoms with Crippen LogP contribution in [0.1, 0.15) is 44.2 Å². The van der Waals surface area contributed by atoms with Gasteiger partial charge in [0, 0.05) is 29.7 Å². The van der Waals surface area contributed by atoms with Crippen LogP contribution in [0.25, 0.3) is 0 Å². The van der Waals surface area contributed by atoms with Gasteiger partial charge in [0.15, 0.2) is 0 Å². The van der Waals surface area contributed by atoms with Crippen molar-refractivity contribution in [3.63, 3.8) is 0 Å². The molecule has 1 aliphatic rings. The molecule has 1 heterocycles. The second-order valence-corrected chi connectivity index (χ2v) is 5.12. The van der Waals surface area contributed by atoms with E-state index < -0.39 is 0 Å². The summed E-state index contributed by atoms with van der Waals surface area (Å²) in [7, 11) is 2.02. The minimum Gasteiger partial charge on any atom is -0.398 e. The molecule has 3 atom stereocenters. The van der Waals surface area contributed by atoms with Crippen LogP contribution in [0.15, 0.2) is 18.5 Å². The van der Waals surface area contributed by atoms with Crippen molar-refractivity contribution in [1.82, 2.24) is 10.3 Å². The zero-order valence-electron chi connectivity index (χ0n) is 10.8. The largest absolute Gasteiger partial charge is 0.398 e. The topological polar surface area (TPSA) is 50.9 Å². The number of pyridine rings is 1. The zero-order chi connectivity index (χ0) is 12.3. The monoisotopic (exact) mass is 233 g/mol. The summed E-state index contributed by atoms with van der Waals surface area (Å²) in [5, 5.41) is 3.43. The molecule has 1 fully saturated rings. The highest BCUT2D eigenvalue weighted by molar-refractivity contribution is 5.46. The number of rotatable bonds is 4. The third-order valence-corrected chi connectivity index (χ3v) is 4.16. The second-order valence-electron chi connectivity index (χ2n) is 5.12. The number of nitrogen functional groups attached to an aromatic ring is 1. The summed E-state index contributed by atoms with van der Waals surface area (Å²) >= 11 is 0. The van der Waals surface area contributed by atoms with Crippen molar-refractivity contribution in [2.24, 2.45) is 11.8 Å². The van der Waals surface area contributed by atoms with E-state index in [2.05, 4.69) is 17.2 Å². The van der Waals surface area contributed by atoms with Crippen LogP contribution >= 0.6 is 0 Å². The molecule has 0 aliphatic heterocycles. The fourth-order valence-electron chi connectivity index (χ4n) is 3.11. The van der Waals surface area contributed by atoms with Crippen LogP contribution in [-0.2, 0) is 0 Å². The summed E-state index contributed by atoms with van der Waals surface area (Å²) in [5.41, 5.74) is 8.08. The minimum atomic E-state index is 0.361. The Balaban J connectivity index is 2.15. The highest BCUT2D eigenvalue weighted by Crippen LogP contribution is 2.41. The van der Waals surface area contributed by atoms with E-state index in [4.69, 9.17) is 5.73 Å². The van der Waals surface area contributed by atoms with Crippen LogP contribution in [-0.4, -0.2) is 12.0 Å². The third-order valence-electron chi connectivity index (χ3n) is 4.16. The standard InChI is InChI=1S/C14H23N3/c1-3-10-4-5-11(8-10)14(16-2)12-9-17-7-6-13(12)15/h6-7,9-11,14,16H,3-5,8H2,1-2H3,(H2,15,17). The maximum absolute atomic E-state index is 6.05. The molecule has 3 N–H and O–H groups in total. The van der Waals surface area contributed by atoms with Gasteiger partial charge in [-0.25, -0.2) is 0 Å². The SMILES string of the molecule is CCC1CCC(C(NC)c2cnccc2N)C1. The van der Waals surface area contributed by atoms with Crippen molar-refractivity contribution < 1.29 is 0 Å². The molecule has 94 valence electrons. The maximum atomic E-state index is 6.05. The van der Waals surface area contributed by atoms with Gasteiger partial charge in [-0.05, 0) is 37.8 Å². The van der Waals surface area contributed by atoms with Gasteiger partial charge in [0.1, 0.15) is 0 Å². The summed E-state index contributed by atoms with van der Waals surface area (Å²) in [6.07, 6.45) is 8.95. The van der Waals surface area contributed by atoms with Crippen molar-refractivity contribution in [3.05, 3.63) is 24.0 Å². The Morgan fingerprint density at radius 1 is 1.53 bits per heavy atom. The van der Waals surface area contributed by atoms with Gasteiger partial charge in [-0.1, -0.05) is 19.8 Å². The van der Waals surface area contributed by atoms with Gasteiger partial charge in [-0.3, -0.25) is 4.98 Å². The van der Waals surface area contributed by atoms with Crippen LogP contribution in [0.3, 0.4) is 0 Å². The Morgan fingerprint density at radius 3 is 2.94 bits per heavy atom. The highest BCUT2D eigenvalue weighted by atomic mass is 14.9. The van der Waals surface area contributed by atoms with Crippen molar-refractivity contribution in [1.29, 1.82) is 0 Å². The molecule has 0 radical (unpaired) electrons. The average molecular weight is 233 g/mol. The number of nitrogens with one attached hydrogen (secondary N) is 1. The minimum absolute atomic E-state index is 0.361. The molecule has 3 unspecified atom stereocenters. The van der Waals surface area contributed by atoms with E-state index in [0.29, 0.717) is 12.0 Å². The van der Waals surface area contributed by atoms with E-state index in [9.17, 15) is 0 Å². The summed E-state index contributed by atoms with van der Waals surface area (Å²) in [4.78, 5) is 4.20. The van der Waals surface area contributed by atoms with E-state index in [-0.39, 0.29) is 0 Å². The van der Waals surface area contributed by atoms with Crippen LogP contribution in [0.2, 0.25) is 0 Å². The third kappa shape index (κ3) is 2.60. The molecular formula is C14H23N3. The second kappa shape index (κ2) is 5.50. The molecule has 0 aromatic carbocycles. The van der Waals surface area contributed by atoms with Crippen molar-refractivity contribution >= 4 is 5.69 Å². The van der Waals surface area contributed by atoms with Gasteiger partial charge in [-0.15, -0.1) is 0 Å². The Bertz CT molecular complexity index is 364. The lowest BCUT2D eigenvalue weighted by molar-refractivity contribution is 0.373. The smallest absolute Gasteiger partial charge is 0.0393 e. The fourth-order valence-corrected chi connectivity index (χ4v) is 3.11. The summed E-state index contributed by atoms with van der Waals surface area (Å²) < 4.78 is 0. The highest BCUT2D eigenvalue weighted by Gasteiger charge is 2.30. The van der Waals surface area contributed by atoms with Crippen LogP contribution in [0, 0.1) is 11.8 Å². The first kappa shape index (κ1) is 12.4. The van der Waals surface area contributed by atoms with Gasteiger partial charge in [-0.2, -0.15) is 0 Å². The van der Waals surface area contributed by atoms with Crippen molar-refractivity contribution in [2.75, 3.05) is 12.8 Å². The number of nitrogens with two attached hydrogens (primary N) is 1. The molecule has 1 saturated carbocycles. The summed E-state index contributed by atoms with van der Waals surface area (Å²) in [6, 6.07) is 2.26. The lowest BCUT2D eigenvalue weighted by Crippen LogP contribution is -2.25. The number of hydrogen-bond acceptors (Lipinski definition) is 3. The Labute approximate surface area is 104 Å². The molecule has 2 rings (SSSR count). The van der Waals surface area contributed by atoms with Gasteiger partial charge in [0.05, 0.1) is 0 Å². The Hall–Kier alpha value is -1.09. The Morgan fingerprint density at radius 2 is 2.35 bits per heavy atom. The molecule has 17 heavy (non-hydrogen) atoms. The first-order chi connectivity index (χ1) is 8.26. The average Bonchev–Trinajstić information content (AvgIpc) is 2.81. The number of aromatic nitrogens is 1. The van der Waals surface area contributed by atoms with Crippen molar-refractivity contribution in [2.45, 2.75) is 38.6 Å². The van der Waals surface area contributed by atoms with E-state index >= 15 is 0 Å². The number of nitrogens with zero attached hydrogens (tertiary/aromatic N) is 1. The molecular weight excluding hydrogens is 210 g/mol. The quantitative estimate of drug-likeness (QED) is 0.840. The molecule has 1 aromatic rings. The summed E-state index contributed by atoms with van der Waals surface area (Å²) in [6.45, 7) is 2.29.